The molecule has 8 heteroatoms. The topological polar surface area (TPSA) is 89.5 Å². The first-order valence-corrected chi connectivity index (χ1v) is 8.62. The second kappa shape index (κ2) is 10.4. The van der Waals surface area contributed by atoms with Crippen LogP contribution < -0.4 is 0 Å². The smallest absolute Gasteiger partial charge is 0.338 e. The number of carbonyl (C=O) groups is 2. The number of unbranched alkanes of at least 4 members (excludes halogenated alkanes) is 1. The zero-order chi connectivity index (χ0) is 20.5. The number of rotatable bonds is 10. The van der Waals surface area contributed by atoms with Crippen LogP contribution in [0.15, 0.2) is 12.7 Å². The number of hydrogen-bond acceptors (Lipinski definition) is 8. The summed E-state index contributed by atoms with van der Waals surface area (Å²) in [5, 5.41) is 0. The number of methoxy groups -OCH3 is 2. The van der Waals surface area contributed by atoms with Crippen LogP contribution in [0.25, 0.3) is 0 Å². The molecule has 0 aromatic rings. The predicted octanol–water partition coefficient (Wildman–Crippen LogP) is 1.57. The summed E-state index contributed by atoms with van der Waals surface area (Å²) in [6.07, 6.45) is 5.40. The SMILES string of the molecule is C#CCCCOC(=O)C1OC(C)(OC)C(C)(OC)OC1C(=O)OCCC=C. The fraction of sp³-hybridized carbons (Fsp3) is 0.684. The minimum atomic E-state index is -1.47. The van der Waals surface area contributed by atoms with Crippen molar-refractivity contribution in [1.29, 1.82) is 0 Å². The number of hydrogen-bond donors (Lipinski definition) is 0. The van der Waals surface area contributed by atoms with E-state index < -0.39 is 35.7 Å². The molecule has 0 radical (unpaired) electrons. The van der Waals surface area contributed by atoms with E-state index in [1.165, 1.54) is 28.1 Å². The van der Waals surface area contributed by atoms with Crippen molar-refractivity contribution < 1.29 is 38.0 Å². The average molecular weight is 384 g/mol. The molecule has 0 aromatic heterocycles. The van der Waals surface area contributed by atoms with E-state index in [-0.39, 0.29) is 13.2 Å². The Morgan fingerprint density at radius 3 is 1.96 bits per heavy atom. The van der Waals surface area contributed by atoms with E-state index in [4.69, 9.17) is 34.8 Å². The molecular weight excluding hydrogens is 356 g/mol. The molecule has 1 aliphatic rings. The summed E-state index contributed by atoms with van der Waals surface area (Å²) < 4.78 is 32.6. The van der Waals surface area contributed by atoms with Crippen molar-refractivity contribution in [2.24, 2.45) is 0 Å². The highest BCUT2D eigenvalue weighted by Crippen LogP contribution is 2.39. The summed E-state index contributed by atoms with van der Waals surface area (Å²) in [4.78, 5) is 25.0. The van der Waals surface area contributed by atoms with Crippen molar-refractivity contribution in [3.05, 3.63) is 12.7 Å². The number of esters is 2. The van der Waals surface area contributed by atoms with E-state index in [0.29, 0.717) is 19.3 Å². The summed E-state index contributed by atoms with van der Waals surface area (Å²) in [6, 6.07) is 0. The second-order valence-electron chi connectivity index (χ2n) is 6.10. The lowest BCUT2D eigenvalue weighted by Crippen LogP contribution is -2.68. The van der Waals surface area contributed by atoms with E-state index in [1.54, 1.807) is 6.08 Å². The highest BCUT2D eigenvalue weighted by atomic mass is 16.8. The van der Waals surface area contributed by atoms with Gasteiger partial charge in [0.15, 0.2) is 12.2 Å². The lowest BCUT2D eigenvalue weighted by atomic mass is 10.0. The van der Waals surface area contributed by atoms with E-state index in [1.807, 2.05) is 0 Å². The van der Waals surface area contributed by atoms with E-state index in [0.717, 1.165) is 0 Å². The number of terminal acetylenes is 1. The van der Waals surface area contributed by atoms with E-state index in [2.05, 4.69) is 12.5 Å². The summed E-state index contributed by atoms with van der Waals surface area (Å²) in [5.41, 5.74) is 0. The largest absolute Gasteiger partial charge is 0.464 e. The van der Waals surface area contributed by atoms with E-state index in [9.17, 15) is 9.59 Å². The Labute approximate surface area is 160 Å². The van der Waals surface area contributed by atoms with Gasteiger partial charge in [0.25, 0.3) is 0 Å². The Hall–Kier alpha value is -1.92. The van der Waals surface area contributed by atoms with Gasteiger partial charge in [0, 0.05) is 20.6 Å². The predicted molar refractivity (Wildman–Crippen MR) is 95.4 cm³/mol. The first kappa shape index (κ1) is 23.1. The van der Waals surface area contributed by atoms with E-state index >= 15 is 0 Å². The molecule has 0 bridgehead atoms. The maximum absolute atomic E-state index is 12.5. The van der Waals surface area contributed by atoms with Gasteiger partial charge in [0.1, 0.15) is 0 Å². The van der Waals surface area contributed by atoms with Crippen molar-refractivity contribution in [3.8, 4) is 12.3 Å². The molecule has 152 valence electrons. The number of carbonyl (C=O) groups excluding carboxylic acids is 2. The van der Waals surface area contributed by atoms with Crippen LogP contribution in [0.2, 0.25) is 0 Å². The van der Waals surface area contributed by atoms with Gasteiger partial charge in [-0.15, -0.1) is 18.9 Å². The van der Waals surface area contributed by atoms with Crippen LogP contribution in [0.1, 0.15) is 33.1 Å². The molecule has 1 heterocycles. The van der Waals surface area contributed by atoms with Crippen molar-refractivity contribution >= 4 is 11.9 Å². The third-order valence-electron chi connectivity index (χ3n) is 4.32. The summed E-state index contributed by atoms with van der Waals surface area (Å²) in [7, 11) is 2.75. The van der Waals surface area contributed by atoms with Crippen molar-refractivity contribution in [2.45, 2.75) is 56.9 Å². The normalized spacial score (nSPS) is 30.2. The maximum atomic E-state index is 12.5. The standard InChI is InChI=1S/C19H28O8/c1-7-9-11-13-25-17(21)15-14(16(20)24-12-10-8-2)26-18(3,22-5)19(4,23-6)27-15/h1,8,14-15H,2,9-13H2,3-6H3. The lowest BCUT2D eigenvalue weighted by Gasteiger charge is -2.50. The molecule has 4 unspecified atom stereocenters. The van der Waals surface area contributed by atoms with Gasteiger partial charge >= 0.3 is 11.9 Å². The Morgan fingerprint density at radius 2 is 1.56 bits per heavy atom. The minimum Gasteiger partial charge on any atom is -0.464 e. The molecule has 1 rings (SSSR count). The first-order chi connectivity index (χ1) is 12.8. The molecule has 1 aliphatic heterocycles. The molecule has 4 atom stereocenters. The third kappa shape index (κ3) is 5.53. The third-order valence-corrected chi connectivity index (χ3v) is 4.32. The van der Waals surface area contributed by atoms with Gasteiger partial charge in [-0.3, -0.25) is 0 Å². The number of ether oxygens (including phenoxy) is 6. The quantitative estimate of drug-likeness (QED) is 0.243. The Morgan fingerprint density at radius 1 is 1.07 bits per heavy atom. The molecule has 0 spiro atoms. The summed E-state index contributed by atoms with van der Waals surface area (Å²) in [6.45, 7) is 6.81. The van der Waals surface area contributed by atoms with Gasteiger partial charge in [-0.05, 0) is 26.7 Å². The van der Waals surface area contributed by atoms with Gasteiger partial charge in [0.05, 0.1) is 13.2 Å². The highest BCUT2D eigenvalue weighted by molar-refractivity contribution is 5.86. The fourth-order valence-electron chi connectivity index (χ4n) is 2.39. The molecule has 0 saturated carbocycles. The summed E-state index contributed by atoms with van der Waals surface area (Å²) >= 11 is 0. The van der Waals surface area contributed by atoms with Crippen molar-refractivity contribution in [1.82, 2.24) is 0 Å². The zero-order valence-corrected chi connectivity index (χ0v) is 16.3. The summed E-state index contributed by atoms with van der Waals surface area (Å²) in [5.74, 6) is -2.04. The average Bonchev–Trinajstić information content (AvgIpc) is 2.66. The maximum Gasteiger partial charge on any atom is 0.338 e. The monoisotopic (exact) mass is 384 g/mol. The van der Waals surface area contributed by atoms with Crippen LogP contribution in [-0.2, 0) is 38.0 Å². The molecule has 0 amide bonds. The van der Waals surface area contributed by atoms with Crippen LogP contribution in [0.4, 0.5) is 0 Å². The van der Waals surface area contributed by atoms with Crippen LogP contribution >= 0.6 is 0 Å². The first-order valence-electron chi connectivity index (χ1n) is 8.62. The Bertz CT molecular complexity index is 569. The van der Waals surface area contributed by atoms with Crippen molar-refractivity contribution in [2.75, 3.05) is 27.4 Å². The van der Waals surface area contributed by atoms with Gasteiger partial charge in [-0.25, -0.2) is 9.59 Å². The van der Waals surface area contributed by atoms with Crippen LogP contribution in [0, 0.1) is 12.3 Å². The van der Waals surface area contributed by atoms with Gasteiger partial charge in [-0.2, -0.15) is 0 Å². The molecular formula is C19H28O8. The van der Waals surface area contributed by atoms with Crippen LogP contribution in [0.3, 0.4) is 0 Å². The lowest BCUT2D eigenvalue weighted by molar-refractivity contribution is -0.439. The molecule has 0 N–H and O–H groups in total. The van der Waals surface area contributed by atoms with Gasteiger partial charge in [0.2, 0.25) is 11.6 Å². The Balaban J connectivity index is 3.01. The van der Waals surface area contributed by atoms with Crippen molar-refractivity contribution in [3.63, 3.8) is 0 Å². The zero-order valence-electron chi connectivity index (χ0n) is 16.3. The van der Waals surface area contributed by atoms with Crippen LogP contribution in [-0.4, -0.2) is 63.2 Å². The minimum absolute atomic E-state index is 0.0896. The highest BCUT2D eigenvalue weighted by Gasteiger charge is 2.60. The molecule has 8 nitrogen and oxygen atoms in total. The molecule has 0 aliphatic carbocycles. The molecule has 1 fully saturated rings. The molecule has 27 heavy (non-hydrogen) atoms. The van der Waals surface area contributed by atoms with Gasteiger partial charge < -0.3 is 28.4 Å². The fourth-order valence-corrected chi connectivity index (χ4v) is 2.39. The van der Waals surface area contributed by atoms with Crippen LogP contribution in [0.5, 0.6) is 0 Å². The van der Waals surface area contributed by atoms with Gasteiger partial charge in [-0.1, -0.05) is 6.08 Å². The second-order valence-corrected chi connectivity index (χ2v) is 6.10. The Kier molecular flexibility index (Phi) is 8.93. The molecule has 0 aromatic carbocycles. The molecule has 1 saturated heterocycles.